The molecule has 2 aliphatic heterocycles. The number of amides is 1. The SMILES string of the molecule is CC1CCC(C)N1C(C)C(=O)NCCC1=CCNCC1. The molecule has 0 aromatic carbocycles. The number of hydrogen-bond donors (Lipinski definition) is 2. The number of hydrogen-bond acceptors (Lipinski definition) is 3. The van der Waals surface area contributed by atoms with Gasteiger partial charge in [0.15, 0.2) is 0 Å². The molecule has 4 heteroatoms. The Kier molecular flexibility index (Phi) is 5.61. The van der Waals surface area contributed by atoms with E-state index in [2.05, 4.69) is 35.5 Å². The molecular weight excluding hydrogens is 250 g/mol. The van der Waals surface area contributed by atoms with Crippen LogP contribution in [-0.4, -0.2) is 48.6 Å². The Morgan fingerprint density at radius 1 is 1.45 bits per heavy atom. The lowest BCUT2D eigenvalue weighted by molar-refractivity contribution is -0.126. The molecule has 1 amide bonds. The molecule has 2 aliphatic rings. The van der Waals surface area contributed by atoms with Crippen molar-refractivity contribution < 1.29 is 4.79 Å². The Balaban J connectivity index is 1.75. The predicted molar refractivity (Wildman–Crippen MR) is 82.7 cm³/mol. The summed E-state index contributed by atoms with van der Waals surface area (Å²) in [5, 5.41) is 6.41. The normalized spacial score (nSPS) is 29.1. The monoisotopic (exact) mass is 279 g/mol. The van der Waals surface area contributed by atoms with Crippen molar-refractivity contribution in [1.82, 2.24) is 15.5 Å². The van der Waals surface area contributed by atoms with Gasteiger partial charge in [0, 0.05) is 25.2 Å². The molecule has 20 heavy (non-hydrogen) atoms. The molecule has 114 valence electrons. The maximum Gasteiger partial charge on any atom is 0.237 e. The maximum atomic E-state index is 12.3. The fraction of sp³-hybridized carbons (Fsp3) is 0.812. The Bertz CT molecular complexity index is 357. The molecule has 0 radical (unpaired) electrons. The van der Waals surface area contributed by atoms with Crippen LogP contribution in [0.4, 0.5) is 0 Å². The van der Waals surface area contributed by atoms with Crippen molar-refractivity contribution >= 4 is 5.91 Å². The van der Waals surface area contributed by atoms with Crippen LogP contribution in [0, 0.1) is 0 Å². The van der Waals surface area contributed by atoms with Crippen LogP contribution in [-0.2, 0) is 4.79 Å². The van der Waals surface area contributed by atoms with Crippen LogP contribution in [0.1, 0.15) is 46.5 Å². The quantitative estimate of drug-likeness (QED) is 0.753. The van der Waals surface area contributed by atoms with Gasteiger partial charge in [0.2, 0.25) is 5.91 Å². The van der Waals surface area contributed by atoms with Crippen molar-refractivity contribution in [3.63, 3.8) is 0 Å². The molecule has 3 unspecified atom stereocenters. The minimum Gasteiger partial charge on any atom is -0.354 e. The zero-order valence-electron chi connectivity index (χ0n) is 13.1. The third-order valence-electron chi connectivity index (χ3n) is 4.75. The van der Waals surface area contributed by atoms with Gasteiger partial charge in [-0.3, -0.25) is 9.69 Å². The molecule has 2 rings (SSSR count). The number of rotatable bonds is 5. The number of carbonyl (C=O) groups is 1. The predicted octanol–water partition coefficient (Wildman–Crippen LogP) is 1.67. The van der Waals surface area contributed by atoms with E-state index in [1.807, 2.05) is 6.92 Å². The fourth-order valence-corrected chi connectivity index (χ4v) is 3.50. The Hall–Kier alpha value is -0.870. The molecule has 4 nitrogen and oxygen atoms in total. The van der Waals surface area contributed by atoms with Crippen LogP contribution in [0.5, 0.6) is 0 Å². The van der Waals surface area contributed by atoms with Gasteiger partial charge in [-0.15, -0.1) is 0 Å². The van der Waals surface area contributed by atoms with Gasteiger partial charge in [-0.05, 0) is 53.0 Å². The Morgan fingerprint density at radius 3 is 2.75 bits per heavy atom. The number of nitrogens with zero attached hydrogens (tertiary/aromatic N) is 1. The van der Waals surface area contributed by atoms with Gasteiger partial charge in [-0.25, -0.2) is 0 Å². The van der Waals surface area contributed by atoms with Gasteiger partial charge in [-0.2, -0.15) is 0 Å². The minimum atomic E-state index is -0.00972. The van der Waals surface area contributed by atoms with Crippen LogP contribution in [0.15, 0.2) is 11.6 Å². The minimum absolute atomic E-state index is 0.00972. The van der Waals surface area contributed by atoms with Crippen LogP contribution in [0.3, 0.4) is 0 Å². The third kappa shape index (κ3) is 3.83. The van der Waals surface area contributed by atoms with Crippen LogP contribution >= 0.6 is 0 Å². The summed E-state index contributed by atoms with van der Waals surface area (Å²) >= 11 is 0. The van der Waals surface area contributed by atoms with E-state index in [0.717, 1.165) is 32.5 Å². The van der Waals surface area contributed by atoms with Gasteiger partial charge in [0.05, 0.1) is 6.04 Å². The van der Waals surface area contributed by atoms with E-state index in [0.29, 0.717) is 12.1 Å². The second kappa shape index (κ2) is 7.23. The highest BCUT2D eigenvalue weighted by Crippen LogP contribution is 2.25. The summed E-state index contributed by atoms with van der Waals surface area (Å²) in [4.78, 5) is 14.6. The average molecular weight is 279 g/mol. The van der Waals surface area contributed by atoms with Gasteiger partial charge >= 0.3 is 0 Å². The summed E-state index contributed by atoms with van der Waals surface area (Å²) in [6.45, 7) is 9.31. The second-order valence-corrected chi connectivity index (χ2v) is 6.26. The first-order chi connectivity index (χ1) is 9.59. The molecule has 2 N–H and O–H groups in total. The Labute approximate surface area is 123 Å². The van der Waals surface area contributed by atoms with Crippen LogP contribution in [0.2, 0.25) is 0 Å². The smallest absolute Gasteiger partial charge is 0.237 e. The van der Waals surface area contributed by atoms with E-state index in [-0.39, 0.29) is 11.9 Å². The molecule has 0 spiro atoms. The summed E-state index contributed by atoms with van der Waals surface area (Å²) in [5.74, 6) is 0.181. The van der Waals surface area contributed by atoms with Crippen molar-refractivity contribution in [2.45, 2.75) is 64.6 Å². The van der Waals surface area contributed by atoms with E-state index >= 15 is 0 Å². The van der Waals surface area contributed by atoms with E-state index in [1.54, 1.807) is 0 Å². The molecule has 0 saturated carbocycles. The third-order valence-corrected chi connectivity index (χ3v) is 4.75. The molecule has 2 heterocycles. The van der Waals surface area contributed by atoms with Crippen LogP contribution < -0.4 is 10.6 Å². The second-order valence-electron chi connectivity index (χ2n) is 6.26. The summed E-state index contributed by atoms with van der Waals surface area (Å²) in [6.07, 6.45) is 6.78. The van der Waals surface area contributed by atoms with Gasteiger partial charge in [-0.1, -0.05) is 11.6 Å². The van der Waals surface area contributed by atoms with Crippen LogP contribution in [0.25, 0.3) is 0 Å². The summed E-state index contributed by atoms with van der Waals surface area (Å²) in [5.41, 5.74) is 1.47. The zero-order valence-corrected chi connectivity index (χ0v) is 13.1. The lowest BCUT2D eigenvalue weighted by Gasteiger charge is -2.31. The molecule has 0 aliphatic carbocycles. The molecule has 1 fully saturated rings. The van der Waals surface area contributed by atoms with Crippen molar-refractivity contribution in [3.05, 3.63) is 11.6 Å². The van der Waals surface area contributed by atoms with E-state index < -0.39 is 0 Å². The van der Waals surface area contributed by atoms with Crippen molar-refractivity contribution in [3.8, 4) is 0 Å². The fourth-order valence-electron chi connectivity index (χ4n) is 3.50. The maximum absolute atomic E-state index is 12.3. The number of likely N-dealkylation sites (tertiary alicyclic amines) is 1. The molecule has 0 aromatic heterocycles. The highest BCUT2D eigenvalue weighted by molar-refractivity contribution is 5.81. The van der Waals surface area contributed by atoms with Crippen molar-refractivity contribution in [2.75, 3.05) is 19.6 Å². The molecule has 1 saturated heterocycles. The average Bonchev–Trinajstić information content (AvgIpc) is 2.78. The Morgan fingerprint density at radius 2 is 2.15 bits per heavy atom. The standard InChI is InChI=1S/C16H29N3O/c1-12-4-5-13(2)19(12)14(3)16(20)18-11-8-15-6-9-17-10-7-15/h6,12-14,17H,4-5,7-11H2,1-3H3,(H,18,20). The molecule has 3 atom stereocenters. The van der Waals surface area contributed by atoms with Crippen molar-refractivity contribution in [2.24, 2.45) is 0 Å². The number of nitrogens with one attached hydrogen (secondary N) is 2. The lowest BCUT2D eigenvalue weighted by atomic mass is 10.1. The van der Waals surface area contributed by atoms with Gasteiger partial charge < -0.3 is 10.6 Å². The first-order valence-electron chi connectivity index (χ1n) is 8.03. The first kappa shape index (κ1) is 15.5. The molecular formula is C16H29N3O. The zero-order chi connectivity index (χ0) is 14.5. The summed E-state index contributed by atoms with van der Waals surface area (Å²) < 4.78 is 0. The lowest BCUT2D eigenvalue weighted by Crippen LogP contribution is -2.49. The molecule has 0 aromatic rings. The summed E-state index contributed by atoms with van der Waals surface area (Å²) in [6, 6.07) is 1.04. The topological polar surface area (TPSA) is 44.4 Å². The highest BCUT2D eigenvalue weighted by atomic mass is 16.2. The first-order valence-corrected chi connectivity index (χ1v) is 8.03. The highest BCUT2D eigenvalue weighted by Gasteiger charge is 2.34. The summed E-state index contributed by atoms with van der Waals surface area (Å²) in [7, 11) is 0. The molecule has 0 bridgehead atoms. The van der Waals surface area contributed by atoms with E-state index in [4.69, 9.17) is 0 Å². The number of carbonyl (C=O) groups excluding carboxylic acids is 1. The van der Waals surface area contributed by atoms with Gasteiger partial charge in [0.25, 0.3) is 0 Å². The van der Waals surface area contributed by atoms with Gasteiger partial charge in [0.1, 0.15) is 0 Å². The van der Waals surface area contributed by atoms with Crippen molar-refractivity contribution in [1.29, 1.82) is 0 Å². The van der Waals surface area contributed by atoms with E-state index in [9.17, 15) is 4.79 Å². The van der Waals surface area contributed by atoms with E-state index in [1.165, 1.54) is 18.4 Å². The largest absolute Gasteiger partial charge is 0.354 e.